The van der Waals surface area contributed by atoms with Crippen molar-refractivity contribution in [3.05, 3.63) is 5.21 Å². The Balaban J connectivity index is -0.000000418. The number of unbranched alkanes of at least 4 members (excludes halogenated alkanes) is 17. The van der Waals surface area contributed by atoms with Crippen molar-refractivity contribution in [1.82, 2.24) is 4.90 Å². The number of nitrogens with zero attached hydrogens (tertiary/aromatic N) is 3. The molecule has 0 N–H and O–H groups in total. The van der Waals surface area contributed by atoms with Crippen LogP contribution >= 0.6 is 38.4 Å². The first-order valence-electron chi connectivity index (χ1n) is 32.6. The molecule has 0 heterocycles. The van der Waals surface area contributed by atoms with Crippen LogP contribution in [0.25, 0.3) is 0 Å². The van der Waals surface area contributed by atoms with E-state index in [1.54, 1.807) is 5.40 Å². The predicted molar refractivity (Wildman–Crippen MR) is 341 cm³/mol. The van der Waals surface area contributed by atoms with E-state index < -0.39 is 193 Å². The molecule has 0 aromatic carbocycles. The fraction of sp³-hybridized carbons (Fsp3) is 0.983. The number of quaternary nitrogens is 1. The zero-order valence-electron chi connectivity index (χ0n) is 58.7. The second kappa shape index (κ2) is 48.6. The molecule has 51 heteroatoms. The molecular weight excluding hydrogens is 1760 g/mol. The largest absolute Gasteiger partial charge is 0.633 e. The van der Waals surface area contributed by atoms with Gasteiger partial charge < -0.3 is 14.8 Å². The summed E-state index contributed by atoms with van der Waals surface area (Å²) in [5.41, 5.74) is -25.9. The lowest BCUT2D eigenvalue weighted by Crippen LogP contribution is -2.53. The molecule has 660 valence electrons. The third-order valence-corrected chi connectivity index (χ3v) is 21.4. The fourth-order valence-corrected chi connectivity index (χ4v) is 13.5. The number of hydrogen-bond donors (Lipinski definition) is 0. The fourth-order valence-electron chi connectivity index (χ4n) is 8.83. The summed E-state index contributed by atoms with van der Waals surface area (Å²) < 4.78 is 500. The third kappa shape index (κ3) is 47.0. The molecule has 109 heavy (non-hydrogen) atoms. The maximum atomic E-state index is 13.4. The molecule has 0 aromatic heterocycles. The van der Waals surface area contributed by atoms with Crippen LogP contribution in [-0.4, -0.2) is 206 Å². The Morgan fingerprint density at radius 2 is 0.541 bits per heavy atom. The molecule has 0 fully saturated rings. The van der Waals surface area contributed by atoms with Gasteiger partial charge in [-0.25, -0.2) is 47.2 Å². The monoisotopic (exact) mass is 1850 g/mol. The van der Waals surface area contributed by atoms with Crippen LogP contribution in [0, 0.1) is 15.9 Å². The highest BCUT2D eigenvalue weighted by molar-refractivity contribution is 9.09. The first-order valence-corrected chi connectivity index (χ1v) is 40.8. The third-order valence-electron chi connectivity index (χ3n) is 15.3. The molecule has 0 aliphatic rings. The summed E-state index contributed by atoms with van der Waals surface area (Å²) in [6.07, 6.45) is -67.1. The number of hydroxylamine groups is 3. The van der Waals surface area contributed by atoms with Crippen molar-refractivity contribution in [2.45, 2.75) is 276 Å². The van der Waals surface area contributed by atoms with Crippen LogP contribution < -0.4 is 0 Å². The van der Waals surface area contributed by atoms with Gasteiger partial charge in [-0.15, -0.1) is 0 Å². The molecule has 0 spiro atoms. The van der Waals surface area contributed by atoms with E-state index >= 15 is 0 Å². The molecule has 0 amide bonds. The van der Waals surface area contributed by atoms with E-state index in [0.717, 1.165) is 18.3 Å². The van der Waals surface area contributed by atoms with Gasteiger partial charge in [0.2, 0.25) is 9.05 Å². The van der Waals surface area contributed by atoms with Gasteiger partial charge in [-0.05, 0) is 154 Å². The van der Waals surface area contributed by atoms with Crippen LogP contribution in [-0.2, 0) is 28.7 Å². The van der Waals surface area contributed by atoms with Crippen LogP contribution in [0.4, 0.5) is 154 Å². The van der Waals surface area contributed by atoms with Crippen LogP contribution in [0.5, 0.6) is 0 Å². The van der Waals surface area contributed by atoms with E-state index in [0.29, 0.717) is 62.4 Å². The molecule has 0 bridgehead atoms. The number of halogens is 37. The van der Waals surface area contributed by atoms with E-state index in [1.165, 1.54) is 14.1 Å². The molecular formula is C58H88BrClF35N3O7S4. The summed E-state index contributed by atoms with van der Waals surface area (Å²) in [5.74, 6) is -0.542. The maximum absolute atomic E-state index is 13.4. The van der Waals surface area contributed by atoms with Gasteiger partial charge in [0.25, 0.3) is 28.3 Å². The second-order valence-electron chi connectivity index (χ2n) is 25.5. The van der Waals surface area contributed by atoms with E-state index in [-0.39, 0.29) is 100 Å². The molecule has 0 atom stereocenters. The Morgan fingerprint density at radius 3 is 0.743 bits per heavy atom. The van der Waals surface area contributed by atoms with Gasteiger partial charge in [-0.2, -0.15) is 137 Å². The highest BCUT2D eigenvalue weighted by Gasteiger charge is 2.75. The van der Waals surface area contributed by atoms with Gasteiger partial charge in [0.1, 0.15) is 25.1 Å². The number of thiocyanates is 1. The van der Waals surface area contributed by atoms with Crippen LogP contribution in [0.15, 0.2) is 0 Å². The summed E-state index contributed by atoms with van der Waals surface area (Å²) >= 11 is 4.02. The Kier molecular flexibility index (Phi) is 51.4. The molecule has 0 saturated carbocycles. The van der Waals surface area contributed by atoms with Gasteiger partial charge in [-0.3, -0.25) is 0 Å². The summed E-state index contributed by atoms with van der Waals surface area (Å²) in [6, 6.07) is 0. The van der Waals surface area contributed by atoms with E-state index in [2.05, 4.69) is 15.9 Å². The molecule has 0 aliphatic carbocycles. The summed E-state index contributed by atoms with van der Waals surface area (Å²) in [6.45, 7) is 1.01. The molecule has 0 aromatic rings. The smallest absolute Gasteiger partial charge is 0.431 e. The Labute approximate surface area is 626 Å². The minimum atomic E-state index is -6.05. The SMILES string of the molecule is CN(C)CCCCS(=O)(=O)CCCCCCC(F)(C(F)(F)F)C(F)(F)F.C[N+](C)([O-])CCCCS(=O)(=O)CCCCCCC(F)(C(F)(F)F)C(F)(F)F.FC(F)(F)C(F)(CCCCCCBr)C(F)(F)F.N#CSCCCCCCC(F)(C(F)(F)F)C(F)(F)F.O=S(=O)(Cl)CCCCCCC(F)(C(F)(F)F)C(F)(F)F. The normalized spacial score (nSPS) is 14.2. The topological polar surface area (TPSA) is 153 Å². The zero-order valence-corrected chi connectivity index (χ0v) is 64.3. The second-order valence-corrected chi connectivity index (χ2v) is 34.7. The molecule has 0 saturated heterocycles. The molecule has 0 radical (unpaired) electrons. The van der Waals surface area contributed by atoms with Crippen LogP contribution in [0.2, 0.25) is 0 Å². The first kappa shape index (κ1) is 115. The summed E-state index contributed by atoms with van der Waals surface area (Å²) in [4.78, 5) is 1.92. The maximum Gasteiger partial charge on any atom is 0.431 e. The number of rotatable bonds is 44. The predicted octanol–water partition coefficient (Wildman–Crippen LogP) is 23.6. The lowest BCUT2D eigenvalue weighted by Gasteiger charge is -2.33. The van der Waals surface area contributed by atoms with Gasteiger partial charge in [0.05, 0.1) is 49.4 Å². The van der Waals surface area contributed by atoms with Gasteiger partial charge in [0.15, 0.2) is 0 Å². The number of sulfone groups is 2. The average Bonchev–Trinajstić information content (AvgIpc) is 0.807. The minimum Gasteiger partial charge on any atom is -0.633 e. The molecule has 0 aliphatic heterocycles. The van der Waals surface area contributed by atoms with Crippen LogP contribution in [0.3, 0.4) is 0 Å². The van der Waals surface area contributed by atoms with E-state index in [1.807, 2.05) is 19.0 Å². The summed E-state index contributed by atoms with van der Waals surface area (Å²) in [7, 11) is 0.982. The van der Waals surface area contributed by atoms with Crippen molar-refractivity contribution in [3.8, 4) is 5.40 Å². The van der Waals surface area contributed by atoms with Crippen molar-refractivity contribution in [3.63, 3.8) is 0 Å². The van der Waals surface area contributed by atoms with Crippen molar-refractivity contribution in [2.75, 3.05) is 81.1 Å². The Morgan fingerprint density at radius 1 is 0.339 bits per heavy atom. The van der Waals surface area contributed by atoms with Crippen molar-refractivity contribution >= 4 is 67.1 Å². The number of nitriles is 1. The summed E-state index contributed by atoms with van der Waals surface area (Å²) in [5, 5.41) is 21.9. The Bertz CT molecular complexity index is 2770. The zero-order chi connectivity index (χ0) is 87.4. The van der Waals surface area contributed by atoms with Crippen molar-refractivity contribution < 1.29 is 184 Å². The average molecular weight is 1850 g/mol. The number of alkyl halides is 36. The first-order chi connectivity index (χ1) is 48.4. The van der Waals surface area contributed by atoms with E-state index in [4.69, 9.17) is 15.9 Å². The highest BCUT2D eigenvalue weighted by Crippen LogP contribution is 2.54. The molecule has 10 nitrogen and oxygen atoms in total. The van der Waals surface area contributed by atoms with Gasteiger partial charge >= 0.3 is 61.8 Å². The van der Waals surface area contributed by atoms with Gasteiger partial charge in [-0.1, -0.05) is 80.1 Å². The quantitative estimate of drug-likeness (QED) is 0.0110. The lowest BCUT2D eigenvalue weighted by molar-refractivity contribution is -0.840. The standard InChI is InChI=1S/C15H26F7NO3S.C15H26F7NO2S.C10H12F7NS.C9H12BrF7.C9H12ClF7O2S/c1-23(2,24)10-6-8-12-27(25,26)11-7-4-3-5-9-13(16,14(17,18)19)15(20,21)22;1-23(2)10-6-8-12-26(24,25)11-7-4-3-5-9-13(16,14(17,18)19)15(20,21)22;11-8(9(12,13)14,10(15,16)17)5-3-1-2-4-6-19-7-18;10-6-4-2-1-3-5-7(11,8(12,13)14)9(15,16)17;10-20(18,19)6-4-2-1-3-5-7(11,8(12,13)14)9(15,16)17/h3-12H2,1-2H3;3-12H2,1-2H3;1-6H2;1-6H2;1-6H2. The number of hydrogen-bond acceptors (Lipinski definition) is 10. The van der Waals surface area contributed by atoms with Crippen molar-refractivity contribution in [2.24, 2.45) is 0 Å². The lowest BCUT2D eigenvalue weighted by atomic mass is 9.96. The van der Waals surface area contributed by atoms with Crippen molar-refractivity contribution in [1.29, 1.82) is 5.26 Å². The minimum absolute atomic E-state index is 0.00339. The van der Waals surface area contributed by atoms with Gasteiger partial charge in [0, 0.05) is 21.8 Å². The molecule has 0 unspecified atom stereocenters. The Hall–Kier alpha value is -2.11. The van der Waals surface area contributed by atoms with Crippen LogP contribution in [0.1, 0.15) is 186 Å². The highest BCUT2D eigenvalue weighted by atomic mass is 79.9. The molecule has 0 rings (SSSR count). The number of thioether (sulfide) groups is 1. The van der Waals surface area contributed by atoms with E-state index in [9.17, 15) is 184 Å².